The molecule has 0 bridgehead atoms. The van der Waals surface area contributed by atoms with E-state index in [4.69, 9.17) is 10.00 Å². The molecule has 2 aromatic rings. The normalized spacial score (nSPS) is 18.5. The molecule has 0 aromatic heterocycles. The van der Waals surface area contributed by atoms with E-state index in [9.17, 15) is 18.0 Å². The van der Waals surface area contributed by atoms with Gasteiger partial charge in [0.1, 0.15) is 5.92 Å². The molecule has 0 amide bonds. The van der Waals surface area contributed by atoms with Gasteiger partial charge in [0.25, 0.3) is 0 Å². The summed E-state index contributed by atoms with van der Waals surface area (Å²) in [4.78, 5) is 27.1. The van der Waals surface area contributed by atoms with Gasteiger partial charge in [0, 0.05) is 5.92 Å². The highest BCUT2D eigenvalue weighted by Crippen LogP contribution is 2.48. The molecule has 0 N–H and O–H groups in total. The van der Waals surface area contributed by atoms with Crippen LogP contribution in [-0.2, 0) is 29.9 Å². The molecular formula is C29H35NO5S. The molecule has 1 saturated heterocycles. The van der Waals surface area contributed by atoms with E-state index in [2.05, 4.69) is 0 Å². The van der Waals surface area contributed by atoms with E-state index in [1.165, 1.54) is 24.3 Å². The third-order valence-corrected chi connectivity index (χ3v) is 8.57. The van der Waals surface area contributed by atoms with Crippen molar-refractivity contribution in [2.24, 2.45) is 11.3 Å². The number of Topliss-reactive ketones (excluding diaryl/α,β-unsaturated/α-hetero) is 1. The predicted octanol–water partition coefficient (Wildman–Crippen LogP) is 5.74. The smallest absolute Gasteiger partial charge is 0.318 e. The second kappa shape index (κ2) is 10.6. The summed E-state index contributed by atoms with van der Waals surface area (Å²) in [5.41, 5.74) is 0.163. The number of esters is 1. The lowest BCUT2D eigenvalue weighted by Gasteiger charge is -2.34. The Hall–Kier alpha value is -2.98. The second-order valence-corrected chi connectivity index (χ2v) is 12.7. The fraction of sp³-hybridized carbons (Fsp3) is 0.483. The average Bonchev–Trinajstić information content (AvgIpc) is 3.03. The molecule has 2 aromatic carbocycles. The number of carbonyl (C=O) groups excluding carboxylic acids is 2. The van der Waals surface area contributed by atoms with Crippen molar-refractivity contribution in [1.82, 2.24) is 0 Å². The molecule has 1 fully saturated rings. The number of sulfone groups is 1. The van der Waals surface area contributed by atoms with Crippen LogP contribution < -0.4 is 0 Å². The van der Waals surface area contributed by atoms with Crippen LogP contribution in [0.25, 0.3) is 0 Å². The van der Waals surface area contributed by atoms with E-state index < -0.39 is 38.7 Å². The number of nitriles is 1. The van der Waals surface area contributed by atoms with Crippen LogP contribution in [0, 0.1) is 22.7 Å². The molecule has 0 spiro atoms. The van der Waals surface area contributed by atoms with Crippen LogP contribution in [0.15, 0.2) is 53.4 Å². The maximum atomic E-state index is 13.8. The van der Waals surface area contributed by atoms with Gasteiger partial charge in [-0.3, -0.25) is 9.59 Å². The number of carbonyl (C=O) groups is 2. The van der Waals surface area contributed by atoms with Gasteiger partial charge < -0.3 is 4.74 Å². The lowest BCUT2D eigenvalue weighted by molar-refractivity contribution is -0.154. The molecule has 1 heterocycles. The van der Waals surface area contributed by atoms with Crippen LogP contribution in [0.3, 0.4) is 0 Å². The molecule has 0 aliphatic carbocycles. The first kappa shape index (κ1) is 27.6. The topological polar surface area (TPSA) is 101 Å². The van der Waals surface area contributed by atoms with E-state index >= 15 is 0 Å². The minimum absolute atomic E-state index is 0.137. The first-order valence-electron chi connectivity index (χ1n) is 12.5. The Morgan fingerprint density at radius 3 is 2.17 bits per heavy atom. The highest BCUT2D eigenvalue weighted by Gasteiger charge is 2.58. The first-order valence-corrected chi connectivity index (χ1v) is 14.1. The van der Waals surface area contributed by atoms with Gasteiger partial charge in [-0.2, -0.15) is 5.26 Å². The number of ether oxygens (including phenoxy) is 1. The van der Waals surface area contributed by atoms with Crippen molar-refractivity contribution in [3.05, 3.63) is 65.2 Å². The summed E-state index contributed by atoms with van der Waals surface area (Å²) in [5.74, 6) is -2.29. The number of ketones is 1. The van der Waals surface area contributed by atoms with E-state index in [-0.39, 0.29) is 16.4 Å². The zero-order valence-electron chi connectivity index (χ0n) is 21.7. The molecule has 3 rings (SSSR count). The van der Waals surface area contributed by atoms with Crippen LogP contribution in [-0.4, -0.2) is 25.8 Å². The standard InChI is InChI=1S/C29H35NO5S/c1-6-15-29(16-7-2)26(31)24(27(32)35-29)25(28(3,4)5)22-10-8-9-21(17-22)19-36(33,34)23-13-11-20(18-30)12-14-23/h8-14,17,24-25H,6-7,15-16,19H2,1-5H3. The number of hydrogen-bond acceptors (Lipinski definition) is 6. The summed E-state index contributed by atoms with van der Waals surface area (Å²) in [6.45, 7) is 9.91. The van der Waals surface area contributed by atoms with Gasteiger partial charge in [-0.25, -0.2) is 8.42 Å². The zero-order valence-corrected chi connectivity index (χ0v) is 22.5. The first-order chi connectivity index (χ1) is 16.9. The van der Waals surface area contributed by atoms with Crippen molar-refractivity contribution in [2.75, 3.05) is 0 Å². The summed E-state index contributed by atoms with van der Waals surface area (Å²) >= 11 is 0. The molecule has 36 heavy (non-hydrogen) atoms. The Balaban J connectivity index is 1.99. The molecule has 192 valence electrons. The van der Waals surface area contributed by atoms with Crippen LogP contribution in [0.2, 0.25) is 0 Å². The monoisotopic (exact) mass is 509 g/mol. The third kappa shape index (κ3) is 5.54. The van der Waals surface area contributed by atoms with Crippen molar-refractivity contribution < 1.29 is 22.7 Å². The van der Waals surface area contributed by atoms with E-state index in [1.807, 2.05) is 46.8 Å². The van der Waals surface area contributed by atoms with Gasteiger partial charge in [0.15, 0.2) is 21.2 Å². The highest BCUT2D eigenvalue weighted by molar-refractivity contribution is 7.90. The molecule has 2 atom stereocenters. The molecule has 0 saturated carbocycles. The lowest BCUT2D eigenvalue weighted by atomic mass is 9.66. The molecule has 1 aliphatic heterocycles. The summed E-state index contributed by atoms with van der Waals surface area (Å²) in [6, 6.07) is 15.0. The Morgan fingerprint density at radius 2 is 1.64 bits per heavy atom. The summed E-state index contributed by atoms with van der Waals surface area (Å²) in [5, 5.41) is 8.98. The van der Waals surface area contributed by atoms with Crippen LogP contribution in [0.1, 0.15) is 82.9 Å². The SMILES string of the molecule is CCCC1(CCC)OC(=O)C(C(c2cccc(CS(=O)(=O)c3ccc(C#N)cc3)c2)C(C)(C)C)C1=O. The quantitative estimate of drug-likeness (QED) is 0.315. The van der Waals surface area contributed by atoms with Gasteiger partial charge in [-0.05, 0) is 53.6 Å². The lowest BCUT2D eigenvalue weighted by Crippen LogP contribution is -2.40. The third-order valence-electron chi connectivity index (χ3n) is 6.86. The predicted molar refractivity (Wildman–Crippen MR) is 138 cm³/mol. The fourth-order valence-electron chi connectivity index (χ4n) is 5.37. The van der Waals surface area contributed by atoms with E-state index in [1.54, 1.807) is 18.2 Å². The maximum absolute atomic E-state index is 13.8. The van der Waals surface area contributed by atoms with Crippen LogP contribution in [0.5, 0.6) is 0 Å². The molecule has 0 radical (unpaired) electrons. The van der Waals surface area contributed by atoms with Gasteiger partial charge in [0.2, 0.25) is 0 Å². The zero-order chi connectivity index (χ0) is 26.7. The minimum Gasteiger partial charge on any atom is -0.450 e. The molecule has 1 aliphatic rings. The van der Waals surface area contributed by atoms with Crippen LogP contribution >= 0.6 is 0 Å². The van der Waals surface area contributed by atoms with E-state index in [0.717, 1.165) is 18.4 Å². The Labute approximate surface area is 214 Å². The van der Waals surface area contributed by atoms with Crippen molar-refractivity contribution in [1.29, 1.82) is 5.26 Å². The average molecular weight is 510 g/mol. The number of nitrogens with zero attached hydrogens (tertiary/aromatic N) is 1. The minimum atomic E-state index is -3.66. The second-order valence-electron chi connectivity index (χ2n) is 10.7. The van der Waals surface area contributed by atoms with Crippen molar-refractivity contribution >= 4 is 21.6 Å². The van der Waals surface area contributed by atoms with Gasteiger partial charge in [-0.1, -0.05) is 71.7 Å². The molecule has 7 heteroatoms. The number of benzene rings is 2. The van der Waals surface area contributed by atoms with Crippen molar-refractivity contribution in [2.45, 2.75) is 82.5 Å². The molecule has 6 nitrogen and oxygen atoms in total. The van der Waals surface area contributed by atoms with E-state index in [0.29, 0.717) is 24.0 Å². The Kier molecular flexibility index (Phi) is 8.10. The fourth-order valence-corrected chi connectivity index (χ4v) is 6.71. The Bertz CT molecular complexity index is 1260. The highest BCUT2D eigenvalue weighted by atomic mass is 32.2. The summed E-state index contributed by atoms with van der Waals surface area (Å²) in [7, 11) is -3.66. The number of cyclic esters (lactones) is 1. The van der Waals surface area contributed by atoms with Crippen molar-refractivity contribution in [3.63, 3.8) is 0 Å². The largest absolute Gasteiger partial charge is 0.450 e. The van der Waals surface area contributed by atoms with Gasteiger partial charge in [-0.15, -0.1) is 0 Å². The van der Waals surface area contributed by atoms with Gasteiger partial charge in [0.05, 0.1) is 22.3 Å². The number of hydrogen-bond donors (Lipinski definition) is 0. The van der Waals surface area contributed by atoms with Crippen molar-refractivity contribution in [3.8, 4) is 6.07 Å². The number of rotatable bonds is 9. The Morgan fingerprint density at radius 1 is 1.03 bits per heavy atom. The molecular weight excluding hydrogens is 474 g/mol. The van der Waals surface area contributed by atoms with Crippen LogP contribution in [0.4, 0.5) is 0 Å². The summed E-state index contributed by atoms with van der Waals surface area (Å²) in [6.07, 6.45) is 2.46. The summed E-state index contributed by atoms with van der Waals surface area (Å²) < 4.78 is 31.9. The maximum Gasteiger partial charge on any atom is 0.318 e. The van der Waals surface area contributed by atoms with Gasteiger partial charge >= 0.3 is 5.97 Å². The molecule has 2 unspecified atom stereocenters.